The lowest BCUT2D eigenvalue weighted by atomic mass is 9.96. The first kappa shape index (κ1) is 22.2. The van der Waals surface area contributed by atoms with Crippen LogP contribution >= 0.6 is 11.6 Å². The van der Waals surface area contributed by atoms with E-state index in [0.29, 0.717) is 18.1 Å². The third-order valence-electron chi connectivity index (χ3n) is 6.58. The number of nitrogens with zero attached hydrogens (tertiary/aromatic N) is 3. The van der Waals surface area contributed by atoms with Gasteiger partial charge < -0.3 is 19.9 Å². The molecule has 5 rings (SSSR count). The van der Waals surface area contributed by atoms with Gasteiger partial charge in [-0.2, -0.15) is 0 Å². The second-order valence-electron chi connectivity index (χ2n) is 8.80. The van der Waals surface area contributed by atoms with Crippen LogP contribution in [-0.4, -0.2) is 73.3 Å². The van der Waals surface area contributed by atoms with Crippen molar-refractivity contribution in [2.24, 2.45) is 5.92 Å². The normalized spacial score (nSPS) is 19.7. The number of hydrogen-bond acceptors (Lipinski definition) is 5. The zero-order valence-electron chi connectivity index (χ0n) is 18.7. The molecule has 0 bridgehead atoms. The number of aromatic amines is 1. The number of amides is 1. The van der Waals surface area contributed by atoms with Gasteiger partial charge in [0.1, 0.15) is 5.82 Å². The molecule has 3 aromatic rings. The fourth-order valence-corrected chi connectivity index (χ4v) is 4.91. The van der Waals surface area contributed by atoms with Crippen LogP contribution in [0.2, 0.25) is 5.02 Å². The van der Waals surface area contributed by atoms with E-state index >= 15 is 0 Å². The van der Waals surface area contributed by atoms with E-state index in [-0.39, 0.29) is 11.8 Å². The van der Waals surface area contributed by atoms with Gasteiger partial charge in [0.05, 0.1) is 35.2 Å². The zero-order valence-corrected chi connectivity index (χ0v) is 19.5. The molecule has 2 fully saturated rings. The van der Waals surface area contributed by atoms with Gasteiger partial charge in [0.25, 0.3) is 0 Å². The second-order valence-corrected chi connectivity index (χ2v) is 9.20. The molecule has 174 valence electrons. The van der Waals surface area contributed by atoms with E-state index in [9.17, 15) is 4.79 Å². The van der Waals surface area contributed by atoms with Gasteiger partial charge in [-0.25, -0.2) is 4.98 Å². The summed E-state index contributed by atoms with van der Waals surface area (Å²) in [6, 6.07) is 14.0. The van der Waals surface area contributed by atoms with Gasteiger partial charge in [0.15, 0.2) is 0 Å². The lowest BCUT2D eigenvalue weighted by Crippen LogP contribution is -2.46. The number of piperidine rings is 1. The summed E-state index contributed by atoms with van der Waals surface area (Å²) in [6.07, 6.45) is 1.91. The standard InChI is InChI=1S/C25H30ClN5O2/c26-21-8-7-19(16-20(21)24-28-22-5-1-2-6-23(22)29-24)31-10-3-4-18(17-31)25(32)27-9-11-30-12-14-33-15-13-30/h1-2,5-8,16,18H,3-4,9-15,17H2,(H,27,32)(H,28,29)/t18-/m1/s1. The van der Waals surface area contributed by atoms with Crippen LogP contribution in [0.3, 0.4) is 0 Å². The van der Waals surface area contributed by atoms with Gasteiger partial charge in [0.2, 0.25) is 5.91 Å². The Kier molecular flexibility index (Phi) is 6.80. The number of aromatic nitrogens is 2. The van der Waals surface area contributed by atoms with E-state index < -0.39 is 0 Å². The first-order valence-corrected chi connectivity index (χ1v) is 12.1. The maximum Gasteiger partial charge on any atom is 0.224 e. The number of carbonyl (C=O) groups excluding carboxylic acids is 1. The van der Waals surface area contributed by atoms with Gasteiger partial charge >= 0.3 is 0 Å². The van der Waals surface area contributed by atoms with Crippen LogP contribution in [0.5, 0.6) is 0 Å². The fourth-order valence-electron chi connectivity index (χ4n) is 4.70. The van der Waals surface area contributed by atoms with Gasteiger partial charge in [-0.3, -0.25) is 9.69 Å². The third-order valence-corrected chi connectivity index (χ3v) is 6.91. The molecule has 2 aromatic carbocycles. The maximum atomic E-state index is 12.8. The molecule has 2 aliphatic rings. The molecule has 2 N–H and O–H groups in total. The number of fused-ring (bicyclic) bond motifs is 1. The van der Waals surface area contributed by atoms with Crippen molar-refractivity contribution in [3.05, 3.63) is 47.5 Å². The van der Waals surface area contributed by atoms with E-state index in [4.69, 9.17) is 21.3 Å². The molecule has 1 aromatic heterocycles. The molecule has 0 unspecified atom stereocenters. The molecular formula is C25H30ClN5O2. The monoisotopic (exact) mass is 467 g/mol. The number of rotatable bonds is 6. The number of halogens is 1. The fraction of sp³-hybridized carbons (Fsp3) is 0.440. The van der Waals surface area contributed by atoms with Crippen LogP contribution in [0.1, 0.15) is 12.8 Å². The van der Waals surface area contributed by atoms with E-state index in [1.807, 2.05) is 36.4 Å². The van der Waals surface area contributed by atoms with E-state index in [1.165, 1.54) is 0 Å². The predicted molar refractivity (Wildman–Crippen MR) is 132 cm³/mol. The molecule has 1 amide bonds. The summed E-state index contributed by atoms with van der Waals surface area (Å²) in [7, 11) is 0. The van der Waals surface area contributed by atoms with Crippen LogP contribution < -0.4 is 10.2 Å². The molecule has 0 radical (unpaired) electrons. The summed E-state index contributed by atoms with van der Waals surface area (Å²) in [5.41, 5.74) is 3.85. The highest BCUT2D eigenvalue weighted by Crippen LogP contribution is 2.33. The van der Waals surface area contributed by atoms with Crippen LogP contribution in [0, 0.1) is 5.92 Å². The summed E-state index contributed by atoms with van der Waals surface area (Å²) >= 11 is 6.54. The van der Waals surface area contributed by atoms with Crippen molar-refractivity contribution >= 4 is 34.2 Å². The summed E-state index contributed by atoms with van der Waals surface area (Å²) in [6.45, 7) is 6.65. The molecule has 3 heterocycles. The number of anilines is 1. The Balaban J connectivity index is 1.24. The Morgan fingerprint density at radius 2 is 2.03 bits per heavy atom. The molecule has 33 heavy (non-hydrogen) atoms. The highest BCUT2D eigenvalue weighted by atomic mass is 35.5. The van der Waals surface area contributed by atoms with Crippen molar-refractivity contribution in [1.82, 2.24) is 20.2 Å². The average Bonchev–Trinajstić information content (AvgIpc) is 3.29. The van der Waals surface area contributed by atoms with Gasteiger partial charge in [-0.05, 0) is 43.2 Å². The number of para-hydroxylation sites is 2. The Labute approximate surface area is 199 Å². The van der Waals surface area contributed by atoms with E-state index in [2.05, 4.69) is 26.2 Å². The minimum Gasteiger partial charge on any atom is -0.379 e. The van der Waals surface area contributed by atoms with Gasteiger partial charge in [-0.1, -0.05) is 23.7 Å². The maximum absolute atomic E-state index is 12.8. The quantitative estimate of drug-likeness (QED) is 0.580. The molecule has 0 saturated carbocycles. The zero-order chi connectivity index (χ0) is 22.6. The van der Waals surface area contributed by atoms with E-state index in [0.717, 1.165) is 80.3 Å². The third kappa shape index (κ3) is 5.16. The molecule has 8 heteroatoms. The molecule has 0 spiro atoms. The van der Waals surface area contributed by atoms with Gasteiger partial charge in [-0.15, -0.1) is 0 Å². The van der Waals surface area contributed by atoms with Crippen LogP contribution in [0.4, 0.5) is 5.69 Å². The number of H-pyrrole nitrogens is 1. The predicted octanol–water partition coefficient (Wildman–Crippen LogP) is 3.55. The van der Waals surface area contributed by atoms with Crippen LogP contribution in [0.25, 0.3) is 22.4 Å². The number of morpholine rings is 1. The number of ether oxygens (including phenoxy) is 1. The van der Waals surface area contributed by atoms with Crippen molar-refractivity contribution in [3.8, 4) is 11.4 Å². The smallest absolute Gasteiger partial charge is 0.224 e. The lowest BCUT2D eigenvalue weighted by molar-refractivity contribution is -0.125. The Morgan fingerprint density at radius 3 is 2.88 bits per heavy atom. The van der Waals surface area contributed by atoms with Crippen molar-refractivity contribution < 1.29 is 9.53 Å². The summed E-state index contributed by atoms with van der Waals surface area (Å²) < 4.78 is 5.39. The Morgan fingerprint density at radius 1 is 1.18 bits per heavy atom. The second kappa shape index (κ2) is 10.1. The minimum atomic E-state index is -0.00577. The van der Waals surface area contributed by atoms with Crippen LogP contribution in [0.15, 0.2) is 42.5 Å². The van der Waals surface area contributed by atoms with Crippen molar-refractivity contribution in [2.45, 2.75) is 12.8 Å². The largest absolute Gasteiger partial charge is 0.379 e. The molecule has 1 atom stereocenters. The topological polar surface area (TPSA) is 73.5 Å². The number of benzene rings is 2. The first-order chi connectivity index (χ1) is 16.2. The first-order valence-electron chi connectivity index (χ1n) is 11.7. The van der Waals surface area contributed by atoms with E-state index in [1.54, 1.807) is 0 Å². The molecule has 2 aliphatic heterocycles. The number of nitrogens with one attached hydrogen (secondary N) is 2. The number of carbonyl (C=O) groups is 1. The molecule has 7 nitrogen and oxygen atoms in total. The number of imidazole rings is 1. The molecule has 0 aliphatic carbocycles. The molecular weight excluding hydrogens is 438 g/mol. The van der Waals surface area contributed by atoms with Crippen molar-refractivity contribution in [2.75, 3.05) is 57.4 Å². The minimum absolute atomic E-state index is 0.00577. The number of hydrogen-bond donors (Lipinski definition) is 2. The lowest BCUT2D eigenvalue weighted by Gasteiger charge is -2.34. The Hall–Kier alpha value is -2.61. The van der Waals surface area contributed by atoms with Crippen molar-refractivity contribution in [1.29, 1.82) is 0 Å². The molecule has 2 saturated heterocycles. The van der Waals surface area contributed by atoms with Gasteiger partial charge in [0, 0.05) is 50.5 Å². The highest BCUT2D eigenvalue weighted by Gasteiger charge is 2.26. The highest BCUT2D eigenvalue weighted by molar-refractivity contribution is 6.33. The summed E-state index contributed by atoms with van der Waals surface area (Å²) in [4.78, 5) is 25.5. The summed E-state index contributed by atoms with van der Waals surface area (Å²) in [5, 5.41) is 3.81. The average molecular weight is 468 g/mol. The summed E-state index contributed by atoms with van der Waals surface area (Å²) in [5.74, 6) is 0.908. The SMILES string of the molecule is O=C(NCCN1CCOCC1)[C@@H]1CCCN(c2ccc(Cl)c(-c3nc4ccccc4[nH]3)c2)C1. The van der Waals surface area contributed by atoms with Crippen LogP contribution in [-0.2, 0) is 9.53 Å². The Bertz CT molecular complexity index is 1080. The van der Waals surface area contributed by atoms with Crippen molar-refractivity contribution in [3.63, 3.8) is 0 Å².